The lowest BCUT2D eigenvalue weighted by Crippen LogP contribution is -2.35. The highest BCUT2D eigenvalue weighted by Gasteiger charge is 2.22. The van der Waals surface area contributed by atoms with Crippen molar-refractivity contribution >= 4 is 50.6 Å². The number of rotatable bonds is 8. The fourth-order valence-corrected chi connectivity index (χ4v) is 4.37. The zero-order chi connectivity index (χ0) is 24.2. The molecule has 174 valence electrons. The Morgan fingerprint density at radius 2 is 1.76 bits per heavy atom. The molecule has 0 spiro atoms. The minimum Gasteiger partial charge on any atom is -0.351 e. The minimum atomic E-state index is -3.81. The van der Waals surface area contributed by atoms with Crippen LogP contribution in [0.1, 0.15) is 29.3 Å². The summed E-state index contributed by atoms with van der Waals surface area (Å²) in [5.74, 6) is -1.05. The number of halogens is 1. The number of amides is 2. The van der Waals surface area contributed by atoms with Crippen molar-refractivity contribution in [3.05, 3.63) is 76.6 Å². The standard InChI is InChI=1S/C23H25ClN4O4S/c1-4-13-25-23(30)20(26-22(29)18-10-5-7-11-19(18)24)14-16-15-28(33(31,32)27(2)3)21-12-8-6-9-17(16)21/h5-12,14-15H,4,13H2,1-3H3,(H,25,30)(H,26,29). The first-order valence-corrected chi connectivity index (χ1v) is 12.0. The molecule has 2 aromatic carbocycles. The van der Waals surface area contributed by atoms with Gasteiger partial charge in [-0.3, -0.25) is 9.59 Å². The SMILES string of the molecule is CCCNC(=O)C(=Cc1cn(S(=O)(=O)N(C)C)c2ccccc12)NC(=O)c1ccccc1Cl. The average molecular weight is 489 g/mol. The molecule has 0 aliphatic carbocycles. The third kappa shape index (κ3) is 5.27. The van der Waals surface area contributed by atoms with E-state index >= 15 is 0 Å². The van der Waals surface area contributed by atoms with Crippen LogP contribution in [0.5, 0.6) is 0 Å². The van der Waals surface area contributed by atoms with Gasteiger partial charge in [-0.15, -0.1) is 0 Å². The van der Waals surface area contributed by atoms with Gasteiger partial charge < -0.3 is 10.6 Å². The molecule has 0 unspecified atom stereocenters. The van der Waals surface area contributed by atoms with Crippen LogP contribution in [0.25, 0.3) is 17.0 Å². The van der Waals surface area contributed by atoms with Crippen LogP contribution in [0.15, 0.2) is 60.4 Å². The number of fused-ring (bicyclic) bond motifs is 1. The van der Waals surface area contributed by atoms with Crippen molar-refractivity contribution in [1.82, 2.24) is 18.9 Å². The maximum atomic E-state index is 12.8. The van der Waals surface area contributed by atoms with Crippen LogP contribution in [-0.2, 0) is 15.0 Å². The minimum absolute atomic E-state index is 0.0291. The van der Waals surface area contributed by atoms with E-state index in [1.165, 1.54) is 26.4 Å². The Kier molecular flexibility index (Phi) is 7.57. The lowest BCUT2D eigenvalue weighted by atomic mass is 10.1. The molecule has 1 aromatic heterocycles. The summed E-state index contributed by atoms with van der Waals surface area (Å²) < 4.78 is 27.9. The molecule has 0 bridgehead atoms. The third-order valence-electron chi connectivity index (χ3n) is 4.87. The van der Waals surface area contributed by atoms with Crippen molar-refractivity contribution in [3.63, 3.8) is 0 Å². The maximum absolute atomic E-state index is 12.8. The van der Waals surface area contributed by atoms with E-state index in [9.17, 15) is 18.0 Å². The predicted molar refractivity (Wildman–Crippen MR) is 130 cm³/mol. The van der Waals surface area contributed by atoms with E-state index in [1.54, 1.807) is 48.5 Å². The van der Waals surface area contributed by atoms with E-state index < -0.39 is 22.0 Å². The van der Waals surface area contributed by atoms with E-state index in [2.05, 4.69) is 10.6 Å². The van der Waals surface area contributed by atoms with Gasteiger partial charge in [-0.1, -0.05) is 48.9 Å². The second-order valence-electron chi connectivity index (χ2n) is 7.44. The molecule has 2 N–H and O–H groups in total. The van der Waals surface area contributed by atoms with Crippen molar-refractivity contribution < 1.29 is 18.0 Å². The molecular weight excluding hydrogens is 464 g/mol. The van der Waals surface area contributed by atoms with Crippen LogP contribution in [0, 0.1) is 0 Å². The van der Waals surface area contributed by atoms with Crippen LogP contribution in [0.3, 0.4) is 0 Å². The highest BCUT2D eigenvalue weighted by atomic mass is 35.5. The predicted octanol–water partition coefficient (Wildman–Crippen LogP) is 3.25. The van der Waals surface area contributed by atoms with Gasteiger partial charge in [0.05, 0.1) is 16.1 Å². The smallest absolute Gasteiger partial charge is 0.307 e. The summed E-state index contributed by atoms with van der Waals surface area (Å²) in [6.07, 6.45) is 3.59. The summed E-state index contributed by atoms with van der Waals surface area (Å²) in [7, 11) is -0.934. The summed E-state index contributed by atoms with van der Waals surface area (Å²) in [5.41, 5.74) is 1.09. The van der Waals surface area contributed by atoms with Gasteiger partial charge in [-0.05, 0) is 30.7 Å². The highest BCUT2D eigenvalue weighted by Crippen LogP contribution is 2.26. The van der Waals surface area contributed by atoms with Crippen molar-refractivity contribution in [2.45, 2.75) is 13.3 Å². The number of hydrogen-bond donors (Lipinski definition) is 2. The molecule has 10 heteroatoms. The Bertz CT molecular complexity index is 1330. The van der Waals surface area contributed by atoms with E-state index in [-0.39, 0.29) is 16.3 Å². The van der Waals surface area contributed by atoms with Crippen LogP contribution in [-0.4, -0.2) is 49.1 Å². The molecule has 33 heavy (non-hydrogen) atoms. The first-order valence-electron chi connectivity index (χ1n) is 10.3. The fourth-order valence-electron chi connectivity index (χ4n) is 3.14. The zero-order valence-corrected chi connectivity index (χ0v) is 20.1. The molecule has 8 nitrogen and oxygen atoms in total. The fraction of sp³-hybridized carbons (Fsp3) is 0.217. The first-order chi connectivity index (χ1) is 15.7. The van der Waals surface area contributed by atoms with Crippen molar-refractivity contribution in [2.24, 2.45) is 0 Å². The normalized spacial score (nSPS) is 12.2. The monoisotopic (exact) mass is 488 g/mol. The third-order valence-corrected chi connectivity index (χ3v) is 6.92. The first kappa shape index (κ1) is 24.5. The Hall–Kier alpha value is -3.14. The number of carbonyl (C=O) groups is 2. The summed E-state index contributed by atoms with van der Waals surface area (Å²) in [6, 6.07) is 13.4. The van der Waals surface area contributed by atoms with Gasteiger partial charge in [-0.2, -0.15) is 12.7 Å². The molecule has 0 aliphatic rings. The quantitative estimate of drug-likeness (QED) is 0.475. The van der Waals surface area contributed by atoms with E-state index in [0.29, 0.717) is 29.4 Å². The Balaban J connectivity index is 2.12. The van der Waals surface area contributed by atoms with E-state index in [1.807, 2.05) is 6.92 Å². The molecule has 3 rings (SSSR count). The Labute approximate surface area is 198 Å². The molecule has 2 amide bonds. The topological polar surface area (TPSA) is 101 Å². The summed E-state index contributed by atoms with van der Waals surface area (Å²) in [5, 5.41) is 6.22. The Morgan fingerprint density at radius 3 is 2.42 bits per heavy atom. The molecule has 0 saturated carbocycles. The van der Waals surface area contributed by atoms with Gasteiger partial charge in [0.1, 0.15) is 5.70 Å². The molecule has 0 fully saturated rings. The van der Waals surface area contributed by atoms with E-state index in [0.717, 1.165) is 8.28 Å². The zero-order valence-electron chi connectivity index (χ0n) is 18.5. The van der Waals surface area contributed by atoms with Gasteiger partial charge in [-0.25, -0.2) is 3.97 Å². The van der Waals surface area contributed by atoms with Gasteiger partial charge in [0.25, 0.3) is 11.8 Å². The second kappa shape index (κ2) is 10.2. The lowest BCUT2D eigenvalue weighted by molar-refractivity contribution is -0.117. The van der Waals surface area contributed by atoms with Gasteiger partial charge in [0, 0.05) is 37.8 Å². The molecule has 1 heterocycles. The maximum Gasteiger partial charge on any atom is 0.307 e. The second-order valence-corrected chi connectivity index (χ2v) is 9.86. The molecule has 0 saturated heterocycles. The van der Waals surface area contributed by atoms with Gasteiger partial charge in [0.2, 0.25) is 0 Å². The van der Waals surface area contributed by atoms with E-state index in [4.69, 9.17) is 11.6 Å². The number of para-hydroxylation sites is 1. The molecule has 0 radical (unpaired) electrons. The molecule has 3 aromatic rings. The number of benzene rings is 2. The van der Waals surface area contributed by atoms with Crippen molar-refractivity contribution in [1.29, 1.82) is 0 Å². The number of carbonyl (C=O) groups excluding carboxylic acids is 2. The van der Waals surface area contributed by atoms with Crippen molar-refractivity contribution in [3.8, 4) is 0 Å². The van der Waals surface area contributed by atoms with Gasteiger partial charge in [0.15, 0.2) is 0 Å². The van der Waals surface area contributed by atoms with Crippen LogP contribution >= 0.6 is 11.6 Å². The lowest BCUT2D eigenvalue weighted by Gasteiger charge is -2.13. The van der Waals surface area contributed by atoms with Crippen LogP contribution < -0.4 is 10.6 Å². The van der Waals surface area contributed by atoms with Crippen LogP contribution in [0.2, 0.25) is 5.02 Å². The number of nitrogens with one attached hydrogen (secondary N) is 2. The Morgan fingerprint density at radius 1 is 1.09 bits per heavy atom. The van der Waals surface area contributed by atoms with Crippen LogP contribution in [0.4, 0.5) is 0 Å². The number of nitrogens with zero attached hydrogens (tertiary/aromatic N) is 2. The van der Waals surface area contributed by atoms with Gasteiger partial charge >= 0.3 is 10.2 Å². The molecular formula is C23H25ClN4O4S. The number of aromatic nitrogens is 1. The average Bonchev–Trinajstić information content (AvgIpc) is 3.16. The summed E-state index contributed by atoms with van der Waals surface area (Å²) in [6.45, 7) is 2.32. The number of hydrogen-bond acceptors (Lipinski definition) is 4. The summed E-state index contributed by atoms with van der Waals surface area (Å²) >= 11 is 6.13. The molecule has 0 atom stereocenters. The highest BCUT2D eigenvalue weighted by molar-refractivity contribution is 7.87. The largest absolute Gasteiger partial charge is 0.351 e. The summed E-state index contributed by atoms with van der Waals surface area (Å²) in [4.78, 5) is 25.7. The van der Waals surface area contributed by atoms with Crippen molar-refractivity contribution in [2.75, 3.05) is 20.6 Å². The molecule has 0 aliphatic heterocycles.